The SMILES string of the molecule is C=CCNC(=O)c1cc(S(=O)(=O)N2CCCC2)ccc1OC. The van der Waals surface area contributed by atoms with E-state index in [1.807, 2.05) is 0 Å². The van der Waals surface area contributed by atoms with Crippen LogP contribution in [0.1, 0.15) is 23.2 Å². The van der Waals surface area contributed by atoms with E-state index in [2.05, 4.69) is 11.9 Å². The fourth-order valence-electron chi connectivity index (χ4n) is 2.36. The number of methoxy groups -OCH3 is 1. The lowest BCUT2D eigenvalue weighted by atomic mass is 10.2. The molecule has 7 heteroatoms. The van der Waals surface area contributed by atoms with E-state index in [-0.39, 0.29) is 10.5 Å². The van der Waals surface area contributed by atoms with Gasteiger partial charge in [0.25, 0.3) is 5.91 Å². The number of sulfonamides is 1. The van der Waals surface area contributed by atoms with E-state index in [0.717, 1.165) is 12.8 Å². The Morgan fingerprint density at radius 3 is 2.68 bits per heavy atom. The van der Waals surface area contributed by atoms with Crippen LogP contribution in [-0.4, -0.2) is 45.4 Å². The third-order valence-electron chi connectivity index (χ3n) is 3.53. The predicted octanol–water partition coefficient (Wildman–Crippen LogP) is 1.40. The Hall–Kier alpha value is -1.86. The van der Waals surface area contributed by atoms with E-state index in [1.165, 1.54) is 29.6 Å². The molecular weight excluding hydrogens is 304 g/mol. The van der Waals surface area contributed by atoms with E-state index >= 15 is 0 Å². The fraction of sp³-hybridized carbons (Fsp3) is 0.400. The van der Waals surface area contributed by atoms with E-state index in [9.17, 15) is 13.2 Å². The highest BCUT2D eigenvalue weighted by Gasteiger charge is 2.28. The molecule has 1 aliphatic rings. The molecule has 1 saturated heterocycles. The Morgan fingerprint density at radius 1 is 1.41 bits per heavy atom. The quantitative estimate of drug-likeness (QED) is 0.803. The van der Waals surface area contributed by atoms with Crippen LogP contribution in [0.4, 0.5) is 0 Å². The lowest BCUT2D eigenvalue weighted by Crippen LogP contribution is -2.29. The van der Waals surface area contributed by atoms with Crippen LogP contribution in [0.5, 0.6) is 5.75 Å². The molecule has 120 valence electrons. The van der Waals surface area contributed by atoms with Crippen molar-refractivity contribution in [3.8, 4) is 5.75 Å². The van der Waals surface area contributed by atoms with Gasteiger partial charge in [-0.25, -0.2) is 8.42 Å². The Morgan fingerprint density at radius 2 is 2.09 bits per heavy atom. The van der Waals surface area contributed by atoms with Crippen LogP contribution in [0.25, 0.3) is 0 Å². The van der Waals surface area contributed by atoms with Gasteiger partial charge in [-0.3, -0.25) is 4.79 Å². The average Bonchev–Trinajstić information content (AvgIpc) is 3.07. The first kappa shape index (κ1) is 16.5. The second kappa shape index (κ2) is 6.93. The maximum absolute atomic E-state index is 12.6. The minimum Gasteiger partial charge on any atom is -0.496 e. The number of benzene rings is 1. The number of amides is 1. The molecule has 22 heavy (non-hydrogen) atoms. The normalized spacial score (nSPS) is 15.5. The molecule has 0 aliphatic carbocycles. The second-order valence-corrected chi connectivity index (χ2v) is 6.91. The second-order valence-electron chi connectivity index (χ2n) is 4.97. The predicted molar refractivity (Wildman–Crippen MR) is 83.5 cm³/mol. The van der Waals surface area contributed by atoms with E-state index in [0.29, 0.717) is 25.4 Å². The lowest BCUT2D eigenvalue weighted by Gasteiger charge is -2.17. The van der Waals surface area contributed by atoms with Crippen LogP contribution in [-0.2, 0) is 10.0 Å². The minimum atomic E-state index is -3.56. The van der Waals surface area contributed by atoms with Crippen LogP contribution < -0.4 is 10.1 Å². The number of carbonyl (C=O) groups excluding carboxylic acids is 1. The van der Waals surface area contributed by atoms with E-state index in [4.69, 9.17) is 4.74 Å². The Balaban J connectivity index is 2.38. The molecular formula is C15H20N2O4S. The smallest absolute Gasteiger partial charge is 0.255 e. The fourth-order valence-corrected chi connectivity index (χ4v) is 3.91. The van der Waals surface area contributed by atoms with Crippen LogP contribution in [0.3, 0.4) is 0 Å². The highest BCUT2D eigenvalue weighted by Crippen LogP contribution is 2.26. The van der Waals surface area contributed by atoms with Gasteiger partial charge in [0, 0.05) is 19.6 Å². The molecule has 1 aliphatic heterocycles. The molecule has 1 N–H and O–H groups in total. The molecule has 0 radical (unpaired) electrons. The highest BCUT2D eigenvalue weighted by atomic mass is 32.2. The third kappa shape index (κ3) is 3.31. The lowest BCUT2D eigenvalue weighted by molar-refractivity contribution is 0.0954. The summed E-state index contributed by atoms with van der Waals surface area (Å²) in [6.45, 7) is 4.87. The van der Waals surface area contributed by atoms with Gasteiger partial charge < -0.3 is 10.1 Å². The van der Waals surface area contributed by atoms with Gasteiger partial charge in [-0.1, -0.05) is 6.08 Å². The number of hydrogen-bond acceptors (Lipinski definition) is 4. The molecule has 0 atom stereocenters. The third-order valence-corrected chi connectivity index (χ3v) is 5.42. The van der Waals surface area contributed by atoms with Crippen molar-refractivity contribution in [3.63, 3.8) is 0 Å². The van der Waals surface area contributed by atoms with Gasteiger partial charge in [0.2, 0.25) is 10.0 Å². The molecule has 2 rings (SSSR count). The first-order valence-electron chi connectivity index (χ1n) is 7.08. The Labute approximate surface area is 130 Å². The molecule has 0 spiro atoms. The van der Waals surface area contributed by atoms with Crippen molar-refractivity contribution in [3.05, 3.63) is 36.4 Å². The molecule has 0 saturated carbocycles. The van der Waals surface area contributed by atoms with Gasteiger partial charge in [-0.15, -0.1) is 6.58 Å². The van der Waals surface area contributed by atoms with Crippen LogP contribution >= 0.6 is 0 Å². The number of hydrogen-bond donors (Lipinski definition) is 1. The monoisotopic (exact) mass is 324 g/mol. The van der Waals surface area contributed by atoms with Gasteiger partial charge in [-0.2, -0.15) is 4.31 Å². The summed E-state index contributed by atoms with van der Waals surface area (Å²) in [6, 6.07) is 4.34. The molecule has 0 unspecified atom stereocenters. The first-order chi connectivity index (χ1) is 10.5. The molecule has 0 bridgehead atoms. The van der Waals surface area contributed by atoms with Gasteiger partial charge in [-0.05, 0) is 31.0 Å². The maximum atomic E-state index is 12.6. The summed E-state index contributed by atoms with van der Waals surface area (Å²) in [6.07, 6.45) is 3.28. The van der Waals surface area contributed by atoms with Gasteiger partial charge in [0.1, 0.15) is 5.75 Å². The van der Waals surface area contributed by atoms with Gasteiger partial charge in [0.15, 0.2) is 0 Å². The summed E-state index contributed by atoms with van der Waals surface area (Å²) in [4.78, 5) is 12.2. The Kier molecular flexibility index (Phi) is 5.20. The zero-order valence-corrected chi connectivity index (χ0v) is 13.4. The molecule has 1 aromatic carbocycles. The van der Waals surface area contributed by atoms with Gasteiger partial charge >= 0.3 is 0 Å². The zero-order chi connectivity index (χ0) is 16.2. The largest absolute Gasteiger partial charge is 0.496 e. The Bertz CT molecular complexity index is 664. The minimum absolute atomic E-state index is 0.110. The van der Waals surface area contributed by atoms with Crippen LogP contribution in [0.15, 0.2) is 35.7 Å². The maximum Gasteiger partial charge on any atom is 0.255 e. The summed E-state index contributed by atoms with van der Waals surface area (Å²) in [5, 5.41) is 2.63. The molecule has 1 heterocycles. The van der Waals surface area contributed by atoms with Crippen molar-refractivity contribution in [2.45, 2.75) is 17.7 Å². The summed E-state index contributed by atoms with van der Waals surface area (Å²) in [5.74, 6) is -0.0582. The number of rotatable bonds is 6. The van der Waals surface area contributed by atoms with Crippen molar-refractivity contribution in [2.75, 3.05) is 26.7 Å². The summed E-state index contributed by atoms with van der Waals surface area (Å²) >= 11 is 0. The van der Waals surface area contributed by atoms with Crippen LogP contribution in [0, 0.1) is 0 Å². The summed E-state index contributed by atoms with van der Waals surface area (Å²) in [5.41, 5.74) is 0.199. The average molecular weight is 324 g/mol. The van der Waals surface area contributed by atoms with Crippen molar-refractivity contribution in [1.82, 2.24) is 9.62 Å². The summed E-state index contributed by atoms with van der Waals surface area (Å²) < 4.78 is 31.7. The van der Waals surface area contributed by atoms with E-state index in [1.54, 1.807) is 6.08 Å². The zero-order valence-electron chi connectivity index (χ0n) is 12.5. The molecule has 6 nitrogen and oxygen atoms in total. The van der Waals surface area contributed by atoms with E-state index < -0.39 is 15.9 Å². The number of nitrogens with one attached hydrogen (secondary N) is 1. The molecule has 0 aromatic heterocycles. The highest BCUT2D eigenvalue weighted by molar-refractivity contribution is 7.89. The molecule has 1 aromatic rings. The first-order valence-corrected chi connectivity index (χ1v) is 8.52. The number of nitrogens with zero attached hydrogens (tertiary/aromatic N) is 1. The topological polar surface area (TPSA) is 75.7 Å². The van der Waals surface area contributed by atoms with Crippen molar-refractivity contribution in [1.29, 1.82) is 0 Å². The number of carbonyl (C=O) groups is 1. The van der Waals surface area contributed by atoms with Crippen molar-refractivity contribution in [2.24, 2.45) is 0 Å². The van der Waals surface area contributed by atoms with Gasteiger partial charge in [0.05, 0.1) is 17.6 Å². The summed E-state index contributed by atoms with van der Waals surface area (Å²) in [7, 11) is -2.12. The van der Waals surface area contributed by atoms with Crippen molar-refractivity contribution >= 4 is 15.9 Å². The molecule has 1 fully saturated rings. The standard InChI is InChI=1S/C15H20N2O4S/c1-3-8-16-15(18)13-11-12(6-7-14(13)21-2)22(19,20)17-9-4-5-10-17/h3,6-7,11H,1,4-5,8-10H2,2H3,(H,16,18). The molecule has 1 amide bonds. The van der Waals surface area contributed by atoms with Crippen LogP contribution in [0.2, 0.25) is 0 Å². The number of ether oxygens (including phenoxy) is 1. The van der Waals surface area contributed by atoms with Crippen molar-refractivity contribution < 1.29 is 17.9 Å².